The molecule has 0 radical (unpaired) electrons. The molecule has 0 spiro atoms. The zero-order valence-electron chi connectivity index (χ0n) is 29.8. The van der Waals surface area contributed by atoms with Crippen molar-refractivity contribution in [1.82, 2.24) is 0 Å². The maximum absolute atomic E-state index is 6.55. The topological polar surface area (TPSA) is 29.5 Å². The van der Waals surface area contributed by atoms with Crippen LogP contribution in [0.1, 0.15) is 0 Å². The second kappa shape index (κ2) is 12.6. The van der Waals surface area contributed by atoms with E-state index in [9.17, 15) is 0 Å². The third-order valence-electron chi connectivity index (χ3n) is 10.9. The molecule has 0 saturated heterocycles. The van der Waals surface area contributed by atoms with Gasteiger partial charge in [0.05, 0.1) is 5.69 Å². The van der Waals surface area contributed by atoms with Gasteiger partial charge >= 0.3 is 0 Å². The number of fused-ring (bicyclic) bond motifs is 7. The average molecular weight is 704 g/mol. The number of nitrogens with zero attached hydrogens (tertiary/aromatic N) is 1. The molecule has 0 N–H and O–H groups in total. The van der Waals surface area contributed by atoms with Gasteiger partial charge in [0.25, 0.3) is 0 Å². The summed E-state index contributed by atoms with van der Waals surface area (Å²) >= 11 is 0. The molecule has 0 unspecified atom stereocenters. The van der Waals surface area contributed by atoms with Gasteiger partial charge < -0.3 is 13.7 Å². The van der Waals surface area contributed by atoms with Crippen molar-refractivity contribution in [3.05, 3.63) is 200 Å². The molecule has 258 valence electrons. The largest absolute Gasteiger partial charge is 0.456 e. The molecule has 3 nitrogen and oxygen atoms in total. The zero-order valence-corrected chi connectivity index (χ0v) is 29.8. The van der Waals surface area contributed by atoms with Crippen LogP contribution in [0.5, 0.6) is 0 Å². The molecule has 0 bridgehead atoms. The van der Waals surface area contributed by atoms with Crippen molar-refractivity contribution in [2.45, 2.75) is 0 Å². The molecule has 11 rings (SSSR count). The van der Waals surface area contributed by atoms with Crippen molar-refractivity contribution in [1.29, 1.82) is 0 Å². The highest BCUT2D eigenvalue weighted by Crippen LogP contribution is 2.49. The van der Waals surface area contributed by atoms with Crippen LogP contribution >= 0.6 is 0 Å². The van der Waals surface area contributed by atoms with Crippen molar-refractivity contribution in [2.75, 3.05) is 4.90 Å². The first-order chi connectivity index (χ1) is 27.3. The van der Waals surface area contributed by atoms with Crippen LogP contribution in [-0.2, 0) is 0 Å². The molecule has 0 aliphatic heterocycles. The molecule has 0 atom stereocenters. The van der Waals surface area contributed by atoms with Crippen LogP contribution in [-0.4, -0.2) is 0 Å². The van der Waals surface area contributed by atoms with E-state index in [0.717, 1.165) is 83.2 Å². The van der Waals surface area contributed by atoms with Crippen LogP contribution in [0.4, 0.5) is 17.1 Å². The van der Waals surface area contributed by atoms with Crippen molar-refractivity contribution < 1.29 is 8.83 Å². The average Bonchev–Trinajstić information content (AvgIpc) is 3.82. The lowest BCUT2D eigenvalue weighted by Crippen LogP contribution is -2.12. The summed E-state index contributed by atoms with van der Waals surface area (Å²) in [5.74, 6) is 0. The predicted octanol–water partition coefficient (Wildman–Crippen LogP) is 15.1. The number of furan rings is 2. The summed E-state index contributed by atoms with van der Waals surface area (Å²) in [5.41, 5.74) is 13.4. The Bertz CT molecular complexity index is 3210. The van der Waals surface area contributed by atoms with Gasteiger partial charge in [-0.15, -0.1) is 0 Å². The molecule has 0 fully saturated rings. The molecular weight excluding hydrogens is 671 g/mol. The Morgan fingerprint density at radius 3 is 1.73 bits per heavy atom. The van der Waals surface area contributed by atoms with E-state index in [1.54, 1.807) is 0 Å². The first-order valence-corrected chi connectivity index (χ1v) is 18.7. The van der Waals surface area contributed by atoms with Crippen LogP contribution in [0, 0.1) is 0 Å². The second-order valence-corrected chi connectivity index (χ2v) is 14.1. The highest BCUT2D eigenvalue weighted by molar-refractivity contribution is 6.17. The summed E-state index contributed by atoms with van der Waals surface area (Å²) in [7, 11) is 0. The SMILES string of the molecule is c1ccc(-c2ccc(N(c3ccc4c(c3)oc3ccccc34)c3ccc4oc5ccccc5c4c3-c3ccc4ccccc4c3)cc2-c2ccccc2)cc1. The monoisotopic (exact) mass is 703 g/mol. The Balaban J connectivity index is 1.24. The Morgan fingerprint density at radius 1 is 0.327 bits per heavy atom. The van der Waals surface area contributed by atoms with E-state index in [1.165, 1.54) is 21.9 Å². The highest BCUT2D eigenvalue weighted by Gasteiger charge is 2.24. The molecule has 9 aromatic carbocycles. The molecule has 11 aromatic rings. The maximum atomic E-state index is 6.55. The first-order valence-electron chi connectivity index (χ1n) is 18.7. The number of benzene rings is 9. The minimum Gasteiger partial charge on any atom is -0.456 e. The zero-order chi connectivity index (χ0) is 36.3. The molecule has 0 amide bonds. The summed E-state index contributed by atoms with van der Waals surface area (Å²) in [5, 5.41) is 6.76. The number of hydrogen-bond acceptors (Lipinski definition) is 3. The lowest BCUT2D eigenvalue weighted by atomic mass is 9.92. The molecule has 3 heteroatoms. The number of anilines is 3. The first kappa shape index (κ1) is 31.2. The van der Waals surface area contributed by atoms with E-state index >= 15 is 0 Å². The Morgan fingerprint density at radius 2 is 0.927 bits per heavy atom. The lowest BCUT2D eigenvalue weighted by Gasteiger charge is -2.29. The number of para-hydroxylation sites is 2. The highest BCUT2D eigenvalue weighted by atomic mass is 16.3. The van der Waals surface area contributed by atoms with Gasteiger partial charge in [0.2, 0.25) is 0 Å². The van der Waals surface area contributed by atoms with E-state index in [-0.39, 0.29) is 0 Å². The summed E-state index contributed by atoms with van der Waals surface area (Å²) in [6.45, 7) is 0. The third kappa shape index (κ3) is 5.20. The second-order valence-electron chi connectivity index (χ2n) is 14.1. The van der Waals surface area contributed by atoms with E-state index in [2.05, 4.69) is 187 Å². The smallest absolute Gasteiger partial charge is 0.137 e. The summed E-state index contributed by atoms with van der Waals surface area (Å²) in [4.78, 5) is 2.39. The van der Waals surface area contributed by atoms with Gasteiger partial charge in [-0.3, -0.25) is 0 Å². The Kier molecular flexibility index (Phi) is 7.17. The van der Waals surface area contributed by atoms with E-state index in [1.807, 2.05) is 18.2 Å². The minimum atomic E-state index is 0.843. The van der Waals surface area contributed by atoms with Gasteiger partial charge in [-0.1, -0.05) is 140 Å². The van der Waals surface area contributed by atoms with Gasteiger partial charge in [0.1, 0.15) is 22.3 Å². The van der Waals surface area contributed by atoms with Gasteiger partial charge in [0, 0.05) is 44.5 Å². The molecule has 2 aromatic heterocycles. The fourth-order valence-electron chi connectivity index (χ4n) is 8.31. The third-order valence-corrected chi connectivity index (χ3v) is 10.9. The normalized spacial score (nSPS) is 11.6. The van der Waals surface area contributed by atoms with Crippen LogP contribution in [0.3, 0.4) is 0 Å². The fraction of sp³-hybridized carbons (Fsp3) is 0. The summed E-state index contributed by atoms with van der Waals surface area (Å²) in [6.07, 6.45) is 0. The van der Waals surface area contributed by atoms with Gasteiger partial charge in [0.15, 0.2) is 0 Å². The number of hydrogen-bond donors (Lipinski definition) is 0. The lowest BCUT2D eigenvalue weighted by molar-refractivity contribution is 0.668. The molecular formula is C52H33NO2. The quantitative estimate of drug-likeness (QED) is 0.173. The molecule has 55 heavy (non-hydrogen) atoms. The van der Waals surface area contributed by atoms with Crippen molar-refractivity contribution in [3.8, 4) is 33.4 Å². The van der Waals surface area contributed by atoms with Gasteiger partial charge in [-0.05, 0) is 93.2 Å². The van der Waals surface area contributed by atoms with Crippen LogP contribution in [0.25, 0.3) is 88.0 Å². The summed E-state index contributed by atoms with van der Waals surface area (Å²) < 4.78 is 13.1. The van der Waals surface area contributed by atoms with Gasteiger partial charge in [-0.2, -0.15) is 0 Å². The Hall–Kier alpha value is -7.36. The van der Waals surface area contributed by atoms with E-state index < -0.39 is 0 Å². The van der Waals surface area contributed by atoms with Crippen molar-refractivity contribution in [2.24, 2.45) is 0 Å². The summed E-state index contributed by atoms with van der Waals surface area (Å²) in [6, 6.07) is 71.1. The minimum absolute atomic E-state index is 0.843. The molecule has 0 aliphatic rings. The van der Waals surface area contributed by atoms with Gasteiger partial charge in [-0.25, -0.2) is 0 Å². The standard InChI is InChI=1S/C52H33NO2/c1-3-14-35(15-4-1)41-27-25-39(32-45(41)36-16-5-2-6-17-36)53(40-26-28-43-42-19-9-11-21-47(42)55-50(43)33-40)46-29-30-49-52(44-20-10-12-22-48(44)54-49)51(46)38-24-23-34-13-7-8-18-37(34)31-38/h1-33H. The van der Waals surface area contributed by atoms with E-state index in [0.29, 0.717) is 0 Å². The van der Waals surface area contributed by atoms with Crippen LogP contribution in [0.15, 0.2) is 209 Å². The van der Waals surface area contributed by atoms with Crippen LogP contribution in [0.2, 0.25) is 0 Å². The fourth-order valence-corrected chi connectivity index (χ4v) is 8.31. The maximum Gasteiger partial charge on any atom is 0.137 e. The predicted molar refractivity (Wildman–Crippen MR) is 229 cm³/mol. The molecule has 0 saturated carbocycles. The number of rotatable bonds is 6. The van der Waals surface area contributed by atoms with Crippen LogP contribution < -0.4 is 4.90 Å². The molecule has 0 aliphatic carbocycles. The Labute approximate surface area is 317 Å². The van der Waals surface area contributed by atoms with E-state index in [4.69, 9.17) is 8.83 Å². The van der Waals surface area contributed by atoms with Crippen molar-refractivity contribution >= 4 is 71.7 Å². The van der Waals surface area contributed by atoms with Crippen molar-refractivity contribution in [3.63, 3.8) is 0 Å². The molecule has 2 heterocycles.